The Hall–Kier alpha value is -5.22. The van der Waals surface area contributed by atoms with E-state index >= 15 is 0 Å². The van der Waals surface area contributed by atoms with Crippen molar-refractivity contribution in [2.24, 2.45) is 0 Å². The summed E-state index contributed by atoms with van der Waals surface area (Å²) in [4.78, 5) is 30.4. The first kappa shape index (κ1) is 26.0. The van der Waals surface area contributed by atoms with Gasteiger partial charge in [0.05, 0.1) is 11.1 Å². The molecule has 0 saturated carbocycles. The summed E-state index contributed by atoms with van der Waals surface area (Å²) in [5.41, 5.74) is 3.33. The summed E-state index contributed by atoms with van der Waals surface area (Å²) in [6, 6.07) is 29.6. The standard InChI is InChI=1S/C31H22N4O5S/c1-41-31-33-28-26(34-35-31)22-14-8-9-15-23(22)32-27(40-28)21-16-17-24(38-29(36)19-10-4-2-5-11-19)25(18-21)39-30(37)20-12-6-3-7-13-20/h2-18,27,32H,1H3/t27-/m1/s1. The maximum Gasteiger partial charge on any atom is 0.343 e. The molecular formula is C31H22N4O5S. The number of carbonyl (C=O) groups is 2. The summed E-state index contributed by atoms with van der Waals surface area (Å²) < 4.78 is 17.7. The van der Waals surface area contributed by atoms with Crippen LogP contribution in [0.2, 0.25) is 0 Å². The van der Waals surface area contributed by atoms with Crippen LogP contribution in [0.25, 0.3) is 11.3 Å². The van der Waals surface area contributed by atoms with Crippen LogP contribution < -0.4 is 19.5 Å². The van der Waals surface area contributed by atoms with Gasteiger partial charge in [-0.2, -0.15) is 4.98 Å². The number of para-hydroxylation sites is 1. The summed E-state index contributed by atoms with van der Waals surface area (Å²) in [7, 11) is 0. The summed E-state index contributed by atoms with van der Waals surface area (Å²) in [5.74, 6) is -0.764. The first-order valence-electron chi connectivity index (χ1n) is 12.6. The van der Waals surface area contributed by atoms with E-state index in [0.29, 0.717) is 33.4 Å². The van der Waals surface area contributed by atoms with Crippen LogP contribution in [0.5, 0.6) is 17.4 Å². The molecule has 5 aromatic rings. The molecule has 0 saturated heterocycles. The number of hydrogen-bond acceptors (Lipinski definition) is 10. The van der Waals surface area contributed by atoms with Crippen LogP contribution in [0, 0.1) is 0 Å². The van der Waals surface area contributed by atoms with Crippen LogP contribution in [0.3, 0.4) is 0 Å². The van der Waals surface area contributed by atoms with Crippen molar-refractivity contribution in [2.45, 2.75) is 11.4 Å². The molecule has 0 aliphatic carbocycles. The van der Waals surface area contributed by atoms with Gasteiger partial charge in [0.2, 0.25) is 11.0 Å². The van der Waals surface area contributed by atoms with Crippen LogP contribution in [0.15, 0.2) is 108 Å². The molecule has 1 aromatic heterocycles. The lowest BCUT2D eigenvalue weighted by molar-refractivity contribution is 0.0682. The van der Waals surface area contributed by atoms with Gasteiger partial charge in [0.1, 0.15) is 0 Å². The Kier molecular flexibility index (Phi) is 7.29. The van der Waals surface area contributed by atoms with Gasteiger partial charge in [-0.05, 0) is 54.8 Å². The van der Waals surface area contributed by atoms with E-state index in [9.17, 15) is 9.59 Å². The Morgan fingerprint density at radius 2 is 1.41 bits per heavy atom. The van der Waals surface area contributed by atoms with Gasteiger partial charge in [-0.15, -0.1) is 10.2 Å². The Morgan fingerprint density at radius 3 is 2.10 bits per heavy atom. The highest BCUT2D eigenvalue weighted by molar-refractivity contribution is 7.98. The van der Waals surface area contributed by atoms with E-state index in [-0.39, 0.29) is 11.5 Å². The second kappa shape index (κ2) is 11.5. The molecule has 202 valence electrons. The number of nitrogens with one attached hydrogen (secondary N) is 1. The molecular weight excluding hydrogens is 540 g/mol. The number of thioether (sulfide) groups is 1. The molecule has 41 heavy (non-hydrogen) atoms. The molecule has 6 rings (SSSR count). The highest BCUT2D eigenvalue weighted by Gasteiger charge is 2.27. The summed E-state index contributed by atoms with van der Waals surface area (Å²) in [6.45, 7) is 0. The molecule has 0 bridgehead atoms. The number of hydrogen-bond donors (Lipinski definition) is 1. The van der Waals surface area contributed by atoms with Crippen LogP contribution >= 0.6 is 11.8 Å². The molecule has 1 aliphatic rings. The van der Waals surface area contributed by atoms with Crippen molar-refractivity contribution >= 4 is 29.4 Å². The summed E-state index contributed by atoms with van der Waals surface area (Å²) in [6.07, 6.45) is 1.10. The Morgan fingerprint density at radius 1 is 0.780 bits per heavy atom. The molecule has 4 aromatic carbocycles. The van der Waals surface area contributed by atoms with Crippen molar-refractivity contribution in [3.8, 4) is 28.6 Å². The van der Waals surface area contributed by atoms with Crippen LogP contribution in [0.1, 0.15) is 32.5 Å². The van der Waals surface area contributed by atoms with Gasteiger partial charge in [-0.3, -0.25) is 0 Å². The topological polar surface area (TPSA) is 113 Å². The van der Waals surface area contributed by atoms with Crippen LogP contribution in [0.4, 0.5) is 5.69 Å². The van der Waals surface area contributed by atoms with Crippen molar-refractivity contribution in [2.75, 3.05) is 11.6 Å². The number of carbonyl (C=O) groups excluding carboxylic acids is 2. The number of anilines is 1. The number of esters is 2. The number of benzene rings is 4. The third-order valence-corrected chi connectivity index (χ3v) is 6.75. The van der Waals surface area contributed by atoms with Gasteiger partial charge < -0.3 is 19.5 Å². The normalized spacial score (nSPS) is 13.4. The Balaban J connectivity index is 1.39. The third-order valence-electron chi connectivity index (χ3n) is 6.21. The van der Waals surface area contributed by atoms with E-state index in [2.05, 4.69) is 20.5 Å². The highest BCUT2D eigenvalue weighted by atomic mass is 32.2. The number of fused-ring (bicyclic) bond motifs is 3. The van der Waals surface area contributed by atoms with Crippen molar-refractivity contribution in [1.82, 2.24) is 15.2 Å². The first-order valence-corrected chi connectivity index (χ1v) is 13.8. The van der Waals surface area contributed by atoms with Gasteiger partial charge in [-0.1, -0.05) is 66.4 Å². The number of nitrogens with zero attached hydrogens (tertiary/aromatic N) is 3. The molecule has 0 amide bonds. The van der Waals surface area contributed by atoms with Crippen molar-refractivity contribution in [1.29, 1.82) is 0 Å². The second-order valence-electron chi connectivity index (χ2n) is 8.86. The lowest BCUT2D eigenvalue weighted by atomic mass is 10.1. The minimum atomic E-state index is -0.753. The summed E-state index contributed by atoms with van der Waals surface area (Å²) >= 11 is 1.35. The van der Waals surface area contributed by atoms with E-state index < -0.39 is 18.2 Å². The van der Waals surface area contributed by atoms with Gasteiger partial charge in [0.25, 0.3) is 0 Å². The SMILES string of the molecule is CSc1nnc2c(n1)O[C@H](c1ccc(OC(=O)c3ccccc3)c(OC(=O)c3ccccc3)c1)Nc1ccccc1-2. The number of ether oxygens (including phenoxy) is 3. The number of rotatable bonds is 6. The largest absolute Gasteiger partial charge is 0.448 e. The predicted molar refractivity (Wildman–Crippen MR) is 153 cm³/mol. The molecule has 10 heteroatoms. The summed E-state index contributed by atoms with van der Waals surface area (Å²) in [5, 5.41) is 12.4. The van der Waals surface area contributed by atoms with Gasteiger partial charge in [0.15, 0.2) is 23.4 Å². The van der Waals surface area contributed by atoms with E-state index in [1.54, 1.807) is 78.9 Å². The Labute approximate surface area is 239 Å². The van der Waals surface area contributed by atoms with Crippen molar-refractivity contribution in [3.05, 3.63) is 120 Å². The van der Waals surface area contributed by atoms with Gasteiger partial charge in [-0.25, -0.2) is 9.59 Å². The van der Waals surface area contributed by atoms with E-state index in [1.165, 1.54) is 11.8 Å². The van der Waals surface area contributed by atoms with Crippen LogP contribution in [-0.2, 0) is 0 Å². The molecule has 2 heterocycles. The third kappa shape index (κ3) is 5.59. The molecule has 0 radical (unpaired) electrons. The monoisotopic (exact) mass is 562 g/mol. The molecule has 1 N–H and O–H groups in total. The zero-order chi connectivity index (χ0) is 28.2. The fourth-order valence-corrected chi connectivity index (χ4v) is 4.50. The van der Waals surface area contributed by atoms with E-state index in [4.69, 9.17) is 14.2 Å². The van der Waals surface area contributed by atoms with Gasteiger partial charge in [0, 0.05) is 16.8 Å². The van der Waals surface area contributed by atoms with Crippen molar-refractivity contribution < 1.29 is 23.8 Å². The zero-order valence-electron chi connectivity index (χ0n) is 21.7. The minimum Gasteiger partial charge on any atom is -0.448 e. The molecule has 1 aliphatic heterocycles. The Bertz CT molecular complexity index is 1730. The minimum absolute atomic E-state index is 0.0504. The number of aromatic nitrogens is 3. The smallest absolute Gasteiger partial charge is 0.343 e. The molecule has 0 spiro atoms. The lowest BCUT2D eigenvalue weighted by Gasteiger charge is -2.21. The average Bonchev–Trinajstić information content (AvgIpc) is 3.19. The first-order chi connectivity index (χ1) is 20.1. The van der Waals surface area contributed by atoms with Gasteiger partial charge >= 0.3 is 11.9 Å². The lowest BCUT2D eigenvalue weighted by Crippen LogP contribution is -2.18. The molecule has 0 fully saturated rings. The molecule has 9 nitrogen and oxygen atoms in total. The fourth-order valence-electron chi connectivity index (χ4n) is 4.20. The zero-order valence-corrected chi connectivity index (χ0v) is 22.5. The predicted octanol–water partition coefficient (Wildman–Crippen LogP) is 6.20. The average molecular weight is 563 g/mol. The fraction of sp³-hybridized carbons (Fsp3) is 0.0645. The molecule has 1 atom stereocenters. The van der Waals surface area contributed by atoms with Crippen LogP contribution in [-0.4, -0.2) is 33.4 Å². The van der Waals surface area contributed by atoms with Crippen molar-refractivity contribution in [3.63, 3.8) is 0 Å². The maximum atomic E-state index is 13.0. The highest BCUT2D eigenvalue weighted by Crippen LogP contribution is 2.41. The molecule has 0 unspecified atom stereocenters. The maximum absolute atomic E-state index is 13.0. The second-order valence-corrected chi connectivity index (χ2v) is 9.63. The van der Waals surface area contributed by atoms with E-state index in [0.717, 1.165) is 11.3 Å². The quantitative estimate of drug-likeness (QED) is 0.146. The van der Waals surface area contributed by atoms with E-state index in [1.807, 2.05) is 30.5 Å².